The molecule has 2 aliphatic heterocycles. The molecule has 2 aliphatic rings. The van der Waals surface area contributed by atoms with Gasteiger partial charge in [-0.1, -0.05) is 54.6 Å². The van der Waals surface area contributed by atoms with Gasteiger partial charge in [0.05, 0.1) is 51.4 Å². The molecule has 0 spiro atoms. The summed E-state index contributed by atoms with van der Waals surface area (Å²) in [5, 5.41) is 9.47. The molecule has 5 atom stereocenters. The lowest BCUT2D eigenvalue weighted by Gasteiger charge is -2.39. The molecule has 0 bridgehead atoms. The van der Waals surface area contributed by atoms with Gasteiger partial charge in [-0.15, -0.1) is 0 Å². The van der Waals surface area contributed by atoms with Crippen LogP contribution in [0.2, 0.25) is 0 Å². The number of thiocarbonyl (C=S) groups is 1. The summed E-state index contributed by atoms with van der Waals surface area (Å²) in [6.07, 6.45) is -3.15. The molecule has 3 unspecified atom stereocenters. The molecule has 338 valence electrons. The molecule has 16 nitrogen and oxygen atoms in total. The van der Waals surface area contributed by atoms with Crippen LogP contribution in [0.3, 0.4) is 0 Å². The number of ether oxygens (including phenoxy) is 5. The number of benzene rings is 3. The predicted octanol–water partition coefficient (Wildman–Crippen LogP) is 5.52. The Labute approximate surface area is 374 Å². The molecule has 1 N–H and O–H groups in total. The summed E-state index contributed by atoms with van der Waals surface area (Å²) in [5.41, 5.74) is -0.386. The summed E-state index contributed by atoms with van der Waals surface area (Å²) < 4.78 is 73.4. The van der Waals surface area contributed by atoms with Gasteiger partial charge in [0.25, 0.3) is 19.3 Å². The highest BCUT2D eigenvalue weighted by molar-refractivity contribution is 7.91. The molecule has 0 radical (unpaired) electrons. The number of aromatic nitrogens is 2. The smallest absolute Gasteiger partial charge is 0.330 e. The predicted molar refractivity (Wildman–Crippen MR) is 241 cm³/mol. The summed E-state index contributed by atoms with van der Waals surface area (Å²) in [7, 11) is -2.04. The van der Waals surface area contributed by atoms with E-state index in [9.17, 15) is 23.3 Å². The number of hydrogen-bond acceptors (Lipinski definition) is 14. The van der Waals surface area contributed by atoms with Crippen molar-refractivity contribution in [1.82, 2.24) is 19.1 Å². The van der Waals surface area contributed by atoms with E-state index >= 15 is 0 Å². The van der Waals surface area contributed by atoms with E-state index in [0.717, 1.165) is 16.7 Å². The first-order valence-electron chi connectivity index (χ1n) is 20.6. The van der Waals surface area contributed by atoms with Crippen LogP contribution in [0.25, 0.3) is 0 Å². The maximum atomic E-state index is 13.6. The number of sulfone groups is 1. The van der Waals surface area contributed by atoms with Crippen molar-refractivity contribution in [3.8, 4) is 17.6 Å². The molecule has 19 heteroatoms. The molecule has 2 fully saturated rings. The number of nitriles is 1. The molecule has 6 rings (SSSR count). The Kier molecular flexibility index (Phi) is 16.2. The van der Waals surface area contributed by atoms with Crippen molar-refractivity contribution >= 4 is 35.8 Å². The Balaban J connectivity index is 1.51. The molecule has 63 heavy (non-hydrogen) atoms. The number of methoxy groups -OCH3 is 2. The van der Waals surface area contributed by atoms with Crippen molar-refractivity contribution in [2.24, 2.45) is 0 Å². The first-order valence-corrected chi connectivity index (χ1v) is 23.9. The third-order valence-corrected chi connectivity index (χ3v) is 14.9. The summed E-state index contributed by atoms with van der Waals surface area (Å²) in [6.45, 7) is 8.10. The van der Waals surface area contributed by atoms with Crippen molar-refractivity contribution in [1.29, 1.82) is 5.26 Å². The largest absolute Gasteiger partial charge is 0.497 e. The van der Waals surface area contributed by atoms with Gasteiger partial charge in [0, 0.05) is 37.4 Å². The van der Waals surface area contributed by atoms with Gasteiger partial charge >= 0.3 is 5.69 Å². The first-order chi connectivity index (χ1) is 30.2. The van der Waals surface area contributed by atoms with Crippen LogP contribution in [0.1, 0.15) is 57.0 Å². The van der Waals surface area contributed by atoms with E-state index in [4.69, 9.17) is 44.9 Å². The van der Waals surface area contributed by atoms with E-state index in [1.807, 2.05) is 107 Å². The van der Waals surface area contributed by atoms with Gasteiger partial charge in [0.15, 0.2) is 22.2 Å². The van der Waals surface area contributed by atoms with Gasteiger partial charge in [-0.3, -0.25) is 14.3 Å². The Hall–Kier alpha value is -4.70. The topological polar surface area (TPSA) is 184 Å². The van der Waals surface area contributed by atoms with Crippen LogP contribution in [0.4, 0.5) is 0 Å². The number of nitrogens with zero attached hydrogens (tertiary/aromatic N) is 4. The Bertz CT molecular complexity index is 2340. The molecule has 4 aromatic rings. The number of hydrogen-bond donors (Lipinski definition) is 1. The molecule has 3 heterocycles. The number of H-pyrrole nitrogens is 1. The van der Waals surface area contributed by atoms with Crippen LogP contribution in [0, 0.1) is 11.3 Å². The van der Waals surface area contributed by atoms with Gasteiger partial charge < -0.3 is 37.6 Å². The van der Waals surface area contributed by atoms with E-state index in [1.54, 1.807) is 19.1 Å². The monoisotopic (exact) mass is 923 g/mol. The summed E-state index contributed by atoms with van der Waals surface area (Å²) in [6, 6.07) is 28.0. The van der Waals surface area contributed by atoms with Crippen molar-refractivity contribution in [2.75, 3.05) is 52.0 Å². The minimum atomic E-state index is -3.27. The minimum absolute atomic E-state index is 0.0226. The lowest BCUT2D eigenvalue weighted by molar-refractivity contribution is -0.0944. The highest BCUT2D eigenvalue weighted by Gasteiger charge is 2.53. The van der Waals surface area contributed by atoms with Gasteiger partial charge in [-0.05, 0) is 80.9 Å². The van der Waals surface area contributed by atoms with Crippen LogP contribution in [-0.4, -0.2) is 115 Å². The van der Waals surface area contributed by atoms with Crippen molar-refractivity contribution in [3.63, 3.8) is 0 Å². The third kappa shape index (κ3) is 11.2. The Morgan fingerprint density at radius 1 is 0.905 bits per heavy atom. The Morgan fingerprint density at radius 2 is 1.48 bits per heavy atom. The molecule has 1 aromatic heterocycles. The fourth-order valence-electron chi connectivity index (χ4n) is 7.71. The minimum Gasteiger partial charge on any atom is -0.497 e. The molecule has 0 amide bonds. The Morgan fingerprint density at radius 3 is 2.00 bits per heavy atom. The van der Waals surface area contributed by atoms with Gasteiger partial charge in [0.2, 0.25) is 0 Å². The second kappa shape index (κ2) is 21.3. The normalized spacial score (nSPS) is 20.4. The van der Waals surface area contributed by atoms with Gasteiger partial charge in [-0.25, -0.2) is 17.9 Å². The highest BCUT2D eigenvalue weighted by Crippen LogP contribution is 2.51. The zero-order chi connectivity index (χ0) is 45.3. The second-order valence-electron chi connectivity index (χ2n) is 15.5. The van der Waals surface area contributed by atoms with E-state index < -0.39 is 59.8 Å². The summed E-state index contributed by atoms with van der Waals surface area (Å²) >= 11 is 5.85. The van der Waals surface area contributed by atoms with Crippen molar-refractivity contribution < 1.29 is 41.1 Å². The summed E-state index contributed by atoms with van der Waals surface area (Å²) in [5.74, 6) is 1.05. The average molecular weight is 924 g/mol. The van der Waals surface area contributed by atoms with Crippen molar-refractivity contribution in [2.45, 2.75) is 76.3 Å². The molecule has 0 saturated carbocycles. The fraction of sp³-hybridized carbons (Fsp3) is 0.455. The van der Waals surface area contributed by atoms with E-state index in [1.165, 1.54) is 16.8 Å². The lowest BCUT2D eigenvalue weighted by atomic mass is 9.80. The second-order valence-corrected chi connectivity index (χ2v) is 19.6. The zero-order valence-electron chi connectivity index (χ0n) is 36.1. The number of aromatic amines is 1. The molecular weight excluding hydrogens is 870 g/mol. The quantitative estimate of drug-likeness (QED) is 0.0569. The van der Waals surface area contributed by atoms with Crippen LogP contribution >= 0.6 is 20.7 Å². The number of nitrogens with one attached hydrogen (secondary N) is 1. The third-order valence-electron chi connectivity index (χ3n) is 10.8. The maximum absolute atomic E-state index is 13.6. The standard InChI is InChI=1S/C44H54N5O11PS2/c1-30(2)49(31(3)4)61(57-26-10-22-45)60-39-37(58-41(48-23-21-38(50)46-42(48)51)40(39)59-43(62)47-24-27-63(52,53)28-25-47)29-56-44(32-11-8-7-9-12-32,33-13-17-35(54-5)18-14-33)34-15-19-36(55-6)20-16-34/h7-9,11-21,23,30-31,37,39-41H,10,24-29H2,1-6H3,(H,46,50,51)/t37-,39?,40?,41-,61?/m1/s1. The highest BCUT2D eigenvalue weighted by atomic mass is 32.2. The van der Waals surface area contributed by atoms with Crippen LogP contribution in [0.15, 0.2) is 101 Å². The van der Waals surface area contributed by atoms with E-state index in [2.05, 4.69) is 15.7 Å². The van der Waals surface area contributed by atoms with Crippen molar-refractivity contribution in [3.05, 3.63) is 129 Å². The van der Waals surface area contributed by atoms with Gasteiger partial charge in [0.1, 0.15) is 29.3 Å². The zero-order valence-corrected chi connectivity index (χ0v) is 38.6. The molecular formula is C44H54N5O11PS2. The van der Waals surface area contributed by atoms with E-state index in [0.29, 0.717) is 11.5 Å². The molecule has 2 saturated heterocycles. The lowest BCUT2D eigenvalue weighted by Crippen LogP contribution is -2.48. The van der Waals surface area contributed by atoms with Crippen LogP contribution < -0.4 is 20.7 Å². The maximum Gasteiger partial charge on any atom is 0.330 e. The first kappa shape index (κ1) is 47.8. The SMILES string of the molecule is COc1ccc(C(OC[C@H]2O[C@@H](n3ccc(=O)[nH]c3=O)C(OC(=S)N3CCS(=O)(=O)CC3)C2OP(OCCC#N)N(C(C)C)C(C)C)(c2ccccc2)c2ccc(OC)cc2)cc1. The van der Waals surface area contributed by atoms with Gasteiger partial charge in [-0.2, -0.15) is 5.26 Å². The number of rotatable bonds is 18. The molecule has 0 aliphatic carbocycles. The average Bonchev–Trinajstić information content (AvgIpc) is 3.59. The fourth-order valence-corrected chi connectivity index (χ4v) is 11.0. The van der Waals surface area contributed by atoms with Crippen LogP contribution in [0.5, 0.6) is 11.5 Å². The summed E-state index contributed by atoms with van der Waals surface area (Å²) in [4.78, 5) is 29.9. The van der Waals surface area contributed by atoms with E-state index in [-0.39, 0.29) is 61.5 Å². The molecule has 3 aromatic carbocycles. The van der Waals surface area contributed by atoms with Crippen LogP contribution in [-0.2, 0) is 38.7 Å².